The van der Waals surface area contributed by atoms with Crippen molar-refractivity contribution in [3.05, 3.63) is 11.3 Å². The molecule has 0 aromatic rings. The first-order valence-electron chi connectivity index (χ1n) is 4.51. The average Bonchev–Trinajstić information content (AvgIpc) is 2.29. The lowest BCUT2D eigenvalue weighted by Gasteiger charge is -2.14. The molecular formula is C9H14N2O. The van der Waals surface area contributed by atoms with E-state index in [0.29, 0.717) is 5.78 Å². The van der Waals surface area contributed by atoms with Crippen LogP contribution in [0.4, 0.5) is 0 Å². The summed E-state index contributed by atoms with van der Waals surface area (Å²) in [5, 5.41) is 1.88. The van der Waals surface area contributed by atoms with Gasteiger partial charge in [0.1, 0.15) is 0 Å². The van der Waals surface area contributed by atoms with E-state index in [1.54, 1.807) is 0 Å². The van der Waals surface area contributed by atoms with Gasteiger partial charge in [0.05, 0.1) is 5.70 Å². The Balaban J connectivity index is 2.30. The number of Topliss-reactive ketones (excluding diaryl/α,β-unsaturated/α-hetero) is 1. The van der Waals surface area contributed by atoms with Gasteiger partial charge in [-0.05, 0) is 24.8 Å². The summed E-state index contributed by atoms with van der Waals surface area (Å²) in [6.45, 7) is 0.873. The normalized spacial score (nSPS) is 24.4. The molecule has 0 unspecified atom stereocenters. The van der Waals surface area contributed by atoms with Crippen LogP contribution in [0.2, 0.25) is 0 Å². The van der Waals surface area contributed by atoms with E-state index >= 15 is 0 Å². The lowest BCUT2D eigenvalue weighted by atomic mass is 10.1. The lowest BCUT2D eigenvalue weighted by Crippen LogP contribution is -2.30. The van der Waals surface area contributed by atoms with Gasteiger partial charge in [-0.3, -0.25) is 4.79 Å². The Morgan fingerprint density at radius 1 is 1.33 bits per heavy atom. The van der Waals surface area contributed by atoms with Crippen molar-refractivity contribution in [3.8, 4) is 0 Å². The van der Waals surface area contributed by atoms with E-state index in [-0.39, 0.29) is 0 Å². The van der Waals surface area contributed by atoms with Crippen LogP contribution >= 0.6 is 0 Å². The number of ketones is 1. The second-order valence-corrected chi connectivity index (χ2v) is 3.48. The Bertz CT molecular complexity index is 245. The van der Waals surface area contributed by atoms with Crippen LogP contribution in [0.3, 0.4) is 0 Å². The molecule has 0 saturated heterocycles. The molecule has 0 fully saturated rings. The molecule has 12 heavy (non-hydrogen) atoms. The predicted molar refractivity (Wildman–Crippen MR) is 46.3 cm³/mol. The van der Waals surface area contributed by atoms with E-state index in [2.05, 4.69) is 5.43 Å². The Labute approximate surface area is 72.4 Å². The number of hydrogen-bond donors (Lipinski definition) is 1. The fraction of sp³-hybridized carbons (Fsp3) is 0.667. The number of hydrazine groups is 1. The standard InChI is InChI=1S/C9H14N2O/c1-11-9-7(6-10-11)4-2-3-5-8(9)12/h10H,2-6H2,1H3. The highest BCUT2D eigenvalue weighted by atomic mass is 16.1. The second kappa shape index (κ2) is 2.90. The first kappa shape index (κ1) is 7.80. The minimum atomic E-state index is 0.315. The Hall–Kier alpha value is -0.830. The summed E-state index contributed by atoms with van der Waals surface area (Å²) in [6, 6.07) is 0. The average molecular weight is 166 g/mol. The SMILES string of the molecule is CN1NCC2=C1C(=O)CCCC2. The number of allylic oxidation sites excluding steroid dienone is 1. The van der Waals surface area contributed by atoms with Crippen LogP contribution in [0.25, 0.3) is 0 Å². The topological polar surface area (TPSA) is 32.3 Å². The van der Waals surface area contributed by atoms with E-state index in [0.717, 1.165) is 31.5 Å². The van der Waals surface area contributed by atoms with Crippen LogP contribution in [0, 0.1) is 0 Å². The Morgan fingerprint density at radius 2 is 2.08 bits per heavy atom. The first-order chi connectivity index (χ1) is 5.79. The van der Waals surface area contributed by atoms with Gasteiger partial charge in [-0.15, -0.1) is 0 Å². The maximum absolute atomic E-state index is 11.6. The molecule has 2 rings (SSSR count). The van der Waals surface area contributed by atoms with Crippen LogP contribution in [-0.4, -0.2) is 24.4 Å². The summed E-state index contributed by atoms with van der Waals surface area (Å²) in [7, 11) is 1.92. The van der Waals surface area contributed by atoms with Crippen molar-refractivity contribution in [1.29, 1.82) is 0 Å². The number of rotatable bonds is 0. The zero-order chi connectivity index (χ0) is 8.55. The molecule has 1 aliphatic carbocycles. The molecule has 0 radical (unpaired) electrons. The Kier molecular flexibility index (Phi) is 1.89. The zero-order valence-corrected chi connectivity index (χ0v) is 7.39. The third-order valence-electron chi connectivity index (χ3n) is 2.60. The van der Waals surface area contributed by atoms with E-state index in [1.165, 1.54) is 12.0 Å². The molecule has 1 aliphatic heterocycles. The van der Waals surface area contributed by atoms with Crippen molar-refractivity contribution in [2.75, 3.05) is 13.6 Å². The summed E-state index contributed by atoms with van der Waals surface area (Å²) in [6.07, 6.45) is 4.04. The molecule has 0 bridgehead atoms. The molecule has 3 heteroatoms. The number of carbonyl (C=O) groups is 1. The largest absolute Gasteiger partial charge is 0.308 e. The summed E-state index contributed by atoms with van der Waals surface area (Å²) in [4.78, 5) is 11.6. The maximum Gasteiger partial charge on any atom is 0.180 e. The van der Waals surface area contributed by atoms with Crippen LogP contribution < -0.4 is 5.43 Å². The van der Waals surface area contributed by atoms with Crippen LogP contribution in [0.1, 0.15) is 25.7 Å². The number of nitrogens with one attached hydrogen (secondary N) is 1. The minimum Gasteiger partial charge on any atom is -0.308 e. The predicted octanol–water partition coefficient (Wildman–Crippen LogP) is 0.834. The van der Waals surface area contributed by atoms with Gasteiger partial charge in [-0.25, -0.2) is 5.43 Å². The van der Waals surface area contributed by atoms with Gasteiger partial charge in [0.2, 0.25) is 0 Å². The Morgan fingerprint density at radius 3 is 2.92 bits per heavy atom. The summed E-state index contributed by atoms with van der Waals surface area (Å²) in [5.41, 5.74) is 5.40. The number of carbonyl (C=O) groups excluding carboxylic acids is 1. The van der Waals surface area contributed by atoms with Crippen LogP contribution in [-0.2, 0) is 4.79 Å². The number of hydrogen-bond acceptors (Lipinski definition) is 3. The molecule has 0 atom stereocenters. The van der Waals surface area contributed by atoms with Gasteiger partial charge in [-0.2, -0.15) is 0 Å². The highest BCUT2D eigenvalue weighted by Crippen LogP contribution is 2.25. The van der Waals surface area contributed by atoms with Crippen molar-refractivity contribution in [2.45, 2.75) is 25.7 Å². The number of nitrogens with zero attached hydrogens (tertiary/aromatic N) is 1. The second-order valence-electron chi connectivity index (χ2n) is 3.48. The molecule has 0 aromatic carbocycles. The fourth-order valence-corrected chi connectivity index (χ4v) is 1.95. The lowest BCUT2D eigenvalue weighted by molar-refractivity contribution is -0.117. The summed E-state index contributed by atoms with van der Waals surface area (Å²) >= 11 is 0. The van der Waals surface area contributed by atoms with Gasteiger partial charge >= 0.3 is 0 Å². The van der Waals surface area contributed by atoms with Gasteiger partial charge in [0.25, 0.3) is 0 Å². The van der Waals surface area contributed by atoms with Crippen molar-refractivity contribution >= 4 is 5.78 Å². The van der Waals surface area contributed by atoms with Crippen molar-refractivity contribution < 1.29 is 4.79 Å². The first-order valence-corrected chi connectivity index (χ1v) is 4.51. The highest BCUT2D eigenvalue weighted by Gasteiger charge is 2.26. The summed E-state index contributed by atoms with van der Waals surface area (Å²) < 4.78 is 0. The monoisotopic (exact) mass is 166 g/mol. The molecule has 0 amide bonds. The molecule has 3 nitrogen and oxygen atoms in total. The highest BCUT2D eigenvalue weighted by molar-refractivity contribution is 5.96. The third kappa shape index (κ3) is 1.14. The molecule has 1 heterocycles. The molecule has 2 aliphatic rings. The van der Waals surface area contributed by atoms with Crippen molar-refractivity contribution in [1.82, 2.24) is 10.4 Å². The fourth-order valence-electron chi connectivity index (χ4n) is 1.95. The molecule has 1 N–H and O–H groups in total. The maximum atomic E-state index is 11.6. The third-order valence-corrected chi connectivity index (χ3v) is 2.60. The number of likely N-dealkylation sites (N-methyl/N-ethyl adjacent to an activating group) is 1. The van der Waals surface area contributed by atoms with Crippen LogP contribution in [0.5, 0.6) is 0 Å². The van der Waals surface area contributed by atoms with Crippen molar-refractivity contribution in [2.24, 2.45) is 0 Å². The van der Waals surface area contributed by atoms with Gasteiger partial charge < -0.3 is 5.01 Å². The summed E-state index contributed by atoms with van der Waals surface area (Å²) in [5.74, 6) is 0.315. The molecule has 0 spiro atoms. The quantitative estimate of drug-likeness (QED) is 0.578. The molecule has 0 aromatic heterocycles. The molecule has 66 valence electrons. The van der Waals surface area contributed by atoms with Crippen LogP contribution in [0.15, 0.2) is 11.3 Å². The van der Waals surface area contributed by atoms with E-state index in [9.17, 15) is 4.79 Å². The van der Waals surface area contributed by atoms with E-state index in [1.807, 2.05) is 12.1 Å². The zero-order valence-electron chi connectivity index (χ0n) is 7.39. The minimum absolute atomic E-state index is 0.315. The van der Waals surface area contributed by atoms with E-state index < -0.39 is 0 Å². The molecular weight excluding hydrogens is 152 g/mol. The van der Waals surface area contributed by atoms with E-state index in [4.69, 9.17) is 0 Å². The van der Waals surface area contributed by atoms with Gasteiger partial charge in [0, 0.05) is 20.0 Å². The van der Waals surface area contributed by atoms with Gasteiger partial charge in [-0.1, -0.05) is 0 Å². The smallest absolute Gasteiger partial charge is 0.180 e. The van der Waals surface area contributed by atoms with Crippen molar-refractivity contribution in [3.63, 3.8) is 0 Å². The molecule has 0 saturated carbocycles. The van der Waals surface area contributed by atoms with Gasteiger partial charge in [0.15, 0.2) is 5.78 Å².